The van der Waals surface area contributed by atoms with Crippen molar-refractivity contribution >= 4 is 34.3 Å². The molecule has 0 unspecified atom stereocenters. The molecular weight excluding hydrogens is 300 g/mol. The molecule has 0 radical (unpaired) electrons. The zero-order valence-corrected chi connectivity index (χ0v) is 13.3. The molecule has 2 heterocycles. The summed E-state index contributed by atoms with van der Waals surface area (Å²) in [6.45, 7) is 3.94. The number of carbonyl (C=O) groups is 1. The van der Waals surface area contributed by atoms with E-state index in [2.05, 4.69) is 10.3 Å². The maximum Gasteiger partial charge on any atom is 0.265 e. The van der Waals surface area contributed by atoms with Crippen LogP contribution in [0, 0.1) is 13.8 Å². The first-order chi connectivity index (χ1) is 10.1. The molecule has 0 atom stereocenters. The number of aryl methyl sites for hydroxylation is 2. The average molecular weight is 314 g/mol. The van der Waals surface area contributed by atoms with Gasteiger partial charge in [0.15, 0.2) is 0 Å². The topological polar surface area (TPSA) is 42.0 Å². The van der Waals surface area contributed by atoms with E-state index in [9.17, 15) is 4.79 Å². The first kappa shape index (κ1) is 14.0. The molecule has 0 bridgehead atoms. The molecule has 0 fully saturated rings. The van der Waals surface area contributed by atoms with Crippen LogP contribution in [0.3, 0.4) is 0 Å². The molecule has 3 rings (SSSR count). The van der Waals surface area contributed by atoms with Gasteiger partial charge in [0, 0.05) is 16.6 Å². The van der Waals surface area contributed by atoms with E-state index in [1.165, 1.54) is 11.3 Å². The Balaban J connectivity index is 1.76. The first-order valence-electron chi connectivity index (χ1n) is 6.51. The van der Waals surface area contributed by atoms with E-state index in [-0.39, 0.29) is 5.91 Å². The number of nitrogens with one attached hydrogen (secondary N) is 1. The maximum absolute atomic E-state index is 12.1. The predicted octanol–water partition coefficient (Wildman–Crippen LogP) is 4.74. The molecule has 21 heavy (non-hydrogen) atoms. The molecule has 2 aromatic heterocycles. The van der Waals surface area contributed by atoms with Crippen LogP contribution in [-0.4, -0.2) is 10.9 Å². The zero-order valence-electron chi connectivity index (χ0n) is 11.7. The molecule has 0 aliphatic heterocycles. The fourth-order valence-electron chi connectivity index (χ4n) is 2.01. The largest absolute Gasteiger partial charge is 0.321 e. The molecule has 0 aliphatic carbocycles. The lowest BCUT2D eigenvalue weighted by Gasteiger charge is -2.05. The third-order valence-corrected chi connectivity index (χ3v) is 4.91. The molecular formula is C16H14N2OS2. The van der Waals surface area contributed by atoms with Crippen LogP contribution in [0.15, 0.2) is 41.1 Å². The molecule has 0 spiro atoms. The second kappa shape index (κ2) is 5.79. The minimum Gasteiger partial charge on any atom is -0.321 e. The number of amides is 1. The van der Waals surface area contributed by atoms with Crippen LogP contribution >= 0.6 is 22.7 Å². The van der Waals surface area contributed by atoms with Crippen molar-refractivity contribution in [1.29, 1.82) is 0 Å². The van der Waals surface area contributed by atoms with Crippen molar-refractivity contribution in [2.75, 3.05) is 5.32 Å². The minimum atomic E-state index is -0.0558. The van der Waals surface area contributed by atoms with Crippen LogP contribution < -0.4 is 5.32 Å². The number of thiophene rings is 1. The first-order valence-corrected chi connectivity index (χ1v) is 8.27. The number of hydrogen-bond donors (Lipinski definition) is 1. The fourth-order valence-corrected chi connectivity index (χ4v) is 3.46. The Morgan fingerprint density at radius 2 is 1.86 bits per heavy atom. The highest BCUT2D eigenvalue weighted by molar-refractivity contribution is 7.12. The van der Waals surface area contributed by atoms with E-state index in [0.717, 1.165) is 32.4 Å². The van der Waals surface area contributed by atoms with Gasteiger partial charge in [-0.15, -0.1) is 22.7 Å². The fraction of sp³-hybridized carbons (Fsp3) is 0.125. The number of aromatic nitrogens is 1. The van der Waals surface area contributed by atoms with Gasteiger partial charge in [-0.2, -0.15) is 0 Å². The number of hydrogen-bond acceptors (Lipinski definition) is 4. The lowest BCUT2D eigenvalue weighted by atomic mass is 10.1. The van der Waals surface area contributed by atoms with Gasteiger partial charge in [-0.1, -0.05) is 12.1 Å². The molecule has 1 N–H and O–H groups in total. The number of anilines is 1. The van der Waals surface area contributed by atoms with Gasteiger partial charge in [0.2, 0.25) is 0 Å². The summed E-state index contributed by atoms with van der Waals surface area (Å²) in [5.74, 6) is -0.0558. The number of benzene rings is 1. The third-order valence-electron chi connectivity index (χ3n) is 3.13. The van der Waals surface area contributed by atoms with E-state index in [1.807, 2.05) is 54.9 Å². The summed E-state index contributed by atoms with van der Waals surface area (Å²) >= 11 is 3.09. The van der Waals surface area contributed by atoms with Crippen LogP contribution in [0.4, 0.5) is 5.69 Å². The number of rotatable bonds is 3. The van der Waals surface area contributed by atoms with Crippen LogP contribution in [0.1, 0.15) is 20.2 Å². The van der Waals surface area contributed by atoms with Crippen molar-refractivity contribution in [2.24, 2.45) is 0 Å². The lowest BCUT2D eigenvalue weighted by molar-refractivity contribution is 0.103. The number of thiazole rings is 1. The zero-order chi connectivity index (χ0) is 14.8. The molecule has 3 nitrogen and oxygen atoms in total. The maximum atomic E-state index is 12.1. The molecule has 1 amide bonds. The van der Waals surface area contributed by atoms with E-state index in [1.54, 1.807) is 11.3 Å². The second-order valence-corrected chi connectivity index (χ2v) is 6.69. The summed E-state index contributed by atoms with van der Waals surface area (Å²) in [4.78, 5) is 17.4. The smallest absolute Gasteiger partial charge is 0.265 e. The van der Waals surface area contributed by atoms with Crippen LogP contribution in [0.25, 0.3) is 11.3 Å². The molecule has 0 saturated carbocycles. The number of nitrogens with zero attached hydrogens (tertiary/aromatic N) is 1. The van der Waals surface area contributed by atoms with Gasteiger partial charge in [-0.3, -0.25) is 4.79 Å². The average Bonchev–Trinajstić information content (AvgIpc) is 3.08. The molecule has 106 valence electrons. The van der Waals surface area contributed by atoms with E-state index in [4.69, 9.17) is 0 Å². The van der Waals surface area contributed by atoms with E-state index >= 15 is 0 Å². The quantitative estimate of drug-likeness (QED) is 0.758. The molecule has 0 aliphatic rings. The van der Waals surface area contributed by atoms with Crippen molar-refractivity contribution in [3.05, 3.63) is 56.5 Å². The van der Waals surface area contributed by atoms with Crippen molar-refractivity contribution in [3.8, 4) is 11.3 Å². The Morgan fingerprint density at radius 3 is 2.43 bits per heavy atom. The summed E-state index contributed by atoms with van der Waals surface area (Å²) in [6, 6.07) is 9.72. The minimum absolute atomic E-state index is 0.0558. The predicted molar refractivity (Wildman–Crippen MR) is 89.3 cm³/mol. The standard InChI is InChI=1S/C16H14N2OS2/c1-10-7-8-20-15(10)16(19)18-13-5-3-12(4-6-13)14-9-21-11(2)17-14/h3-9H,1-2H3,(H,18,19). The van der Waals surface area contributed by atoms with Crippen molar-refractivity contribution in [1.82, 2.24) is 4.98 Å². The highest BCUT2D eigenvalue weighted by atomic mass is 32.1. The summed E-state index contributed by atoms with van der Waals surface area (Å²) < 4.78 is 0. The SMILES string of the molecule is Cc1nc(-c2ccc(NC(=O)c3sccc3C)cc2)cs1. The van der Waals surface area contributed by atoms with Gasteiger partial charge < -0.3 is 5.32 Å². The van der Waals surface area contributed by atoms with Crippen LogP contribution in [0.5, 0.6) is 0 Å². The molecule has 1 aromatic carbocycles. The third kappa shape index (κ3) is 3.04. The van der Waals surface area contributed by atoms with E-state index in [0.29, 0.717) is 0 Å². The van der Waals surface area contributed by atoms with Gasteiger partial charge in [0.1, 0.15) is 0 Å². The Kier molecular flexibility index (Phi) is 3.86. The van der Waals surface area contributed by atoms with Gasteiger partial charge in [0.05, 0.1) is 15.6 Å². The molecule has 5 heteroatoms. The van der Waals surface area contributed by atoms with Crippen molar-refractivity contribution in [2.45, 2.75) is 13.8 Å². The van der Waals surface area contributed by atoms with Crippen LogP contribution in [0.2, 0.25) is 0 Å². The second-order valence-electron chi connectivity index (χ2n) is 4.72. The summed E-state index contributed by atoms with van der Waals surface area (Å²) in [7, 11) is 0. The highest BCUT2D eigenvalue weighted by Gasteiger charge is 2.10. The Labute approximate surface area is 131 Å². The Bertz CT molecular complexity index is 772. The summed E-state index contributed by atoms with van der Waals surface area (Å²) in [5, 5.41) is 7.94. The van der Waals surface area contributed by atoms with Gasteiger partial charge in [-0.05, 0) is 43.0 Å². The van der Waals surface area contributed by atoms with Crippen LogP contribution in [-0.2, 0) is 0 Å². The van der Waals surface area contributed by atoms with Crippen molar-refractivity contribution in [3.63, 3.8) is 0 Å². The Hall–Kier alpha value is -1.98. The monoisotopic (exact) mass is 314 g/mol. The van der Waals surface area contributed by atoms with E-state index < -0.39 is 0 Å². The Morgan fingerprint density at radius 1 is 1.10 bits per heavy atom. The van der Waals surface area contributed by atoms with Gasteiger partial charge >= 0.3 is 0 Å². The number of carbonyl (C=O) groups excluding carboxylic acids is 1. The van der Waals surface area contributed by atoms with Crippen molar-refractivity contribution < 1.29 is 4.79 Å². The lowest BCUT2D eigenvalue weighted by Crippen LogP contribution is -2.11. The normalized spacial score (nSPS) is 10.6. The molecule has 3 aromatic rings. The summed E-state index contributed by atoms with van der Waals surface area (Å²) in [6.07, 6.45) is 0. The summed E-state index contributed by atoms with van der Waals surface area (Å²) in [5.41, 5.74) is 3.84. The molecule has 0 saturated heterocycles. The van der Waals surface area contributed by atoms with Gasteiger partial charge in [0.25, 0.3) is 5.91 Å². The van der Waals surface area contributed by atoms with Gasteiger partial charge in [-0.25, -0.2) is 4.98 Å². The highest BCUT2D eigenvalue weighted by Crippen LogP contribution is 2.24.